The molecule has 6 heteroatoms. The van der Waals surface area contributed by atoms with E-state index < -0.39 is 0 Å². The van der Waals surface area contributed by atoms with Crippen LogP contribution in [-0.2, 0) is 7.05 Å². The van der Waals surface area contributed by atoms with E-state index in [0.717, 1.165) is 10.9 Å². The molecule has 118 valence electrons. The number of fused-ring (bicyclic) bond motifs is 2. The van der Waals surface area contributed by atoms with E-state index >= 15 is 0 Å². The zero-order chi connectivity index (χ0) is 16.7. The van der Waals surface area contributed by atoms with E-state index in [0.29, 0.717) is 22.2 Å². The molecule has 0 atom stereocenters. The second-order valence-corrected chi connectivity index (χ2v) is 5.56. The smallest absolute Gasteiger partial charge is 0.258 e. The monoisotopic (exact) mass is 318 g/mol. The molecule has 0 saturated heterocycles. The van der Waals surface area contributed by atoms with E-state index in [-0.39, 0.29) is 11.5 Å². The summed E-state index contributed by atoms with van der Waals surface area (Å²) in [5, 5.41) is 4.18. The van der Waals surface area contributed by atoms with Gasteiger partial charge in [0.2, 0.25) is 0 Å². The Morgan fingerprint density at radius 3 is 2.79 bits per heavy atom. The molecule has 0 saturated carbocycles. The number of aromatic amines is 1. The van der Waals surface area contributed by atoms with Gasteiger partial charge >= 0.3 is 0 Å². The number of aryl methyl sites for hydroxylation is 1. The van der Waals surface area contributed by atoms with Crippen molar-refractivity contribution >= 4 is 33.4 Å². The van der Waals surface area contributed by atoms with Gasteiger partial charge in [-0.05, 0) is 18.2 Å². The molecule has 0 aliphatic rings. The molecule has 2 heterocycles. The first-order valence-electron chi connectivity index (χ1n) is 7.47. The molecule has 0 radical (unpaired) electrons. The minimum absolute atomic E-state index is 0.235. The third kappa shape index (κ3) is 2.16. The highest BCUT2D eigenvalue weighted by molar-refractivity contribution is 6.14. The Morgan fingerprint density at radius 1 is 1.12 bits per heavy atom. The number of benzene rings is 2. The maximum Gasteiger partial charge on any atom is 0.258 e. The Bertz CT molecular complexity index is 1140. The van der Waals surface area contributed by atoms with Gasteiger partial charge in [0.15, 0.2) is 0 Å². The van der Waals surface area contributed by atoms with Crippen molar-refractivity contribution in [1.82, 2.24) is 14.5 Å². The number of carbonyl (C=O) groups is 1. The molecule has 0 aliphatic carbocycles. The predicted molar refractivity (Wildman–Crippen MR) is 93.2 cm³/mol. The Balaban J connectivity index is 1.80. The summed E-state index contributed by atoms with van der Waals surface area (Å²) in [7, 11) is 1.90. The van der Waals surface area contributed by atoms with Crippen LogP contribution in [0, 0.1) is 0 Å². The lowest BCUT2D eigenvalue weighted by atomic mass is 10.1. The molecule has 2 aromatic heterocycles. The van der Waals surface area contributed by atoms with Gasteiger partial charge in [0.1, 0.15) is 5.52 Å². The van der Waals surface area contributed by atoms with Crippen LogP contribution in [0.2, 0.25) is 0 Å². The maximum atomic E-state index is 12.7. The zero-order valence-corrected chi connectivity index (χ0v) is 12.9. The summed E-state index contributed by atoms with van der Waals surface area (Å²) < 4.78 is 1.91. The van der Waals surface area contributed by atoms with Crippen LogP contribution in [-0.4, -0.2) is 20.4 Å². The van der Waals surface area contributed by atoms with Gasteiger partial charge in [0.25, 0.3) is 11.5 Å². The van der Waals surface area contributed by atoms with Crippen LogP contribution >= 0.6 is 0 Å². The fraction of sp³-hybridized carbons (Fsp3) is 0.0556. The third-order valence-electron chi connectivity index (χ3n) is 4.06. The number of nitrogens with one attached hydrogen (secondary N) is 2. The summed E-state index contributed by atoms with van der Waals surface area (Å²) in [6, 6.07) is 12.8. The molecule has 0 fully saturated rings. The zero-order valence-electron chi connectivity index (χ0n) is 12.9. The molecule has 6 nitrogen and oxygen atoms in total. The van der Waals surface area contributed by atoms with Crippen LogP contribution < -0.4 is 10.9 Å². The quantitative estimate of drug-likeness (QED) is 0.596. The topological polar surface area (TPSA) is 79.8 Å². The number of hydrogen-bond acceptors (Lipinski definition) is 3. The van der Waals surface area contributed by atoms with Crippen molar-refractivity contribution in [3.05, 3.63) is 70.9 Å². The fourth-order valence-electron chi connectivity index (χ4n) is 2.91. The van der Waals surface area contributed by atoms with Crippen molar-refractivity contribution in [3.63, 3.8) is 0 Å². The maximum absolute atomic E-state index is 12.7. The number of amides is 1. The molecule has 4 aromatic rings. The summed E-state index contributed by atoms with van der Waals surface area (Å²) >= 11 is 0. The highest BCUT2D eigenvalue weighted by Gasteiger charge is 2.15. The molecule has 2 N–H and O–H groups in total. The van der Waals surface area contributed by atoms with Crippen LogP contribution in [0.25, 0.3) is 21.8 Å². The van der Waals surface area contributed by atoms with Crippen molar-refractivity contribution < 1.29 is 4.79 Å². The van der Waals surface area contributed by atoms with Crippen molar-refractivity contribution in [2.45, 2.75) is 0 Å². The van der Waals surface area contributed by atoms with Gasteiger partial charge < -0.3 is 14.9 Å². The van der Waals surface area contributed by atoms with Gasteiger partial charge in [-0.3, -0.25) is 9.59 Å². The van der Waals surface area contributed by atoms with Crippen molar-refractivity contribution in [2.24, 2.45) is 7.05 Å². The number of anilines is 1. The average Bonchev–Trinajstić information content (AvgIpc) is 2.93. The number of hydrogen-bond donors (Lipinski definition) is 2. The average molecular weight is 318 g/mol. The summed E-state index contributed by atoms with van der Waals surface area (Å²) in [6.45, 7) is 0. The molecule has 2 aromatic carbocycles. The highest BCUT2D eigenvalue weighted by atomic mass is 16.1. The van der Waals surface area contributed by atoms with E-state index in [9.17, 15) is 9.59 Å². The van der Waals surface area contributed by atoms with Gasteiger partial charge in [-0.15, -0.1) is 0 Å². The summed E-state index contributed by atoms with van der Waals surface area (Å²) in [4.78, 5) is 31.3. The molecule has 0 bridgehead atoms. The van der Waals surface area contributed by atoms with E-state index in [4.69, 9.17) is 0 Å². The van der Waals surface area contributed by atoms with Crippen LogP contribution in [0.3, 0.4) is 0 Å². The Kier molecular flexibility index (Phi) is 3.16. The number of nitrogens with zero attached hydrogens (tertiary/aromatic N) is 2. The third-order valence-corrected chi connectivity index (χ3v) is 4.06. The lowest BCUT2D eigenvalue weighted by Crippen LogP contribution is -2.14. The first-order valence-corrected chi connectivity index (χ1v) is 7.47. The molecule has 1 amide bonds. The molecule has 24 heavy (non-hydrogen) atoms. The Hall–Kier alpha value is -3.41. The second-order valence-electron chi connectivity index (χ2n) is 5.56. The van der Waals surface area contributed by atoms with Crippen LogP contribution in [0.5, 0.6) is 0 Å². The predicted octanol–water partition coefficient (Wildman–Crippen LogP) is 2.67. The van der Waals surface area contributed by atoms with Crippen molar-refractivity contribution in [2.75, 3.05) is 5.32 Å². The lowest BCUT2D eigenvalue weighted by Gasteiger charge is -2.07. The fourth-order valence-corrected chi connectivity index (χ4v) is 2.91. The summed E-state index contributed by atoms with van der Waals surface area (Å²) in [6.07, 6.45) is 3.13. The van der Waals surface area contributed by atoms with Crippen molar-refractivity contribution in [1.29, 1.82) is 0 Å². The van der Waals surface area contributed by atoms with Gasteiger partial charge in [0, 0.05) is 24.1 Å². The molecule has 0 unspecified atom stereocenters. The SMILES string of the molecule is Cn1cc(C(=O)Nc2cccc3c(=O)[nH]cnc23)c2ccccc21. The second kappa shape index (κ2) is 5.34. The Labute approximate surface area is 136 Å². The molecular weight excluding hydrogens is 304 g/mol. The van der Waals surface area contributed by atoms with Gasteiger partial charge in [-0.25, -0.2) is 4.98 Å². The van der Waals surface area contributed by atoms with Gasteiger partial charge in [0.05, 0.1) is 23.0 Å². The summed E-state index contributed by atoms with van der Waals surface area (Å²) in [5.74, 6) is -0.235. The van der Waals surface area contributed by atoms with Crippen molar-refractivity contribution in [3.8, 4) is 0 Å². The Morgan fingerprint density at radius 2 is 1.92 bits per heavy atom. The normalized spacial score (nSPS) is 11.0. The molecule has 0 spiro atoms. The highest BCUT2D eigenvalue weighted by Crippen LogP contribution is 2.23. The van der Waals surface area contributed by atoms with Gasteiger partial charge in [-0.1, -0.05) is 24.3 Å². The van der Waals surface area contributed by atoms with E-state index in [2.05, 4.69) is 15.3 Å². The van der Waals surface area contributed by atoms with Crippen LogP contribution in [0.15, 0.2) is 59.8 Å². The van der Waals surface area contributed by atoms with E-state index in [1.54, 1.807) is 24.4 Å². The summed E-state index contributed by atoms with van der Waals surface area (Å²) in [5.41, 5.74) is 2.30. The van der Waals surface area contributed by atoms with E-state index in [1.807, 2.05) is 35.9 Å². The first-order chi connectivity index (χ1) is 11.6. The molecule has 0 aliphatic heterocycles. The molecular formula is C18H14N4O2. The lowest BCUT2D eigenvalue weighted by molar-refractivity contribution is 0.102. The largest absolute Gasteiger partial charge is 0.350 e. The van der Waals surface area contributed by atoms with E-state index in [1.165, 1.54) is 6.33 Å². The number of para-hydroxylation sites is 2. The number of carbonyl (C=O) groups excluding carboxylic acids is 1. The number of rotatable bonds is 2. The minimum Gasteiger partial charge on any atom is -0.350 e. The number of aromatic nitrogens is 3. The standard InChI is InChI=1S/C18H14N4O2/c1-22-9-13(11-5-2-3-8-15(11)22)18(24)21-14-7-4-6-12-16(14)19-10-20-17(12)23/h2-10H,1H3,(H,21,24)(H,19,20,23). The van der Waals surface area contributed by atoms with Gasteiger partial charge in [-0.2, -0.15) is 0 Å². The minimum atomic E-state index is -0.235. The number of H-pyrrole nitrogens is 1. The molecule has 4 rings (SSSR count). The van der Waals surface area contributed by atoms with Crippen LogP contribution in [0.1, 0.15) is 10.4 Å². The van der Waals surface area contributed by atoms with Crippen LogP contribution in [0.4, 0.5) is 5.69 Å². The first kappa shape index (κ1) is 14.2.